The van der Waals surface area contributed by atoms with Gasteiger partial charge in [0.1, 0.15) is 6.29 Å². The van der Waals surface area contributed by atoms with Crippen LogP contribution in [0.3, 0.4) is 0 Å². The summed E-state index contributed by atoms with van der Waals surface area (Å²) in [5.74, 6) is 0. The molecule has 0 atom stereocenters. The number of aliphatic hydroxyl groups excluding tert-OH is 1. The number of rotatable bonds is 4. The maximum atomic E-state index is 9.60. The zero-order valence-corrected chi connectivity index (χ0v) is 4.26. The summed E-state index contributed by atoms with van der Waals surface area (Å²) in [5.41, 5.74) is 0. The normalized spacial score (nSPS) is 7.62. The van der Waals surface area contributed by atoms with Crippen molar-refractivity contribution in [1.29, 1.82) is 0 Å². The fraction of sp³-hybridized carbons (Fsp3) is 0.800. The SMILES string of the molecule is O=CCCCCO.[NaH]. The van der Waals surface area contributed by atoms with Gasteiger partial charge in [-0.3, -0.25) is 0 Å². The van der Waals surface area contributed by atoms with Crippen LogP contribution >= 0.6 is 0 Å². The number of aldehydes is 1. The Morgan fingerprint density at radius 3 is 2.38 bits per heavy atom. The summed E-state index contributed by atoms with van der Waals surface area (Å²) in [6.07, 6.45) is 3.02. The predicted octanol–water partition coefficient (Wildman–Crippen LogP) is -0.301. The molecule has 0 spiro atoms. The van der Waals surface area contributed by atoms with Crippen LogP contribution in [0.4, 0.5) is 0 Å². The summed E-state index contributed by atoms with van der Waals surface area (Å²) in [5, 5.41) is 8.18. The molecule has 44 valence electrons. The maximum absolute atomic E-state index is 9.60. The van der Waals surface area contributed by atoms with Crippen LogP contribution in [0.15, 0.2) is 0 Å². The van der Waals surface area contributed by atoms with Crippen molar-refractivity contribution in [3.05, 3.63) is 0 Å². The monoisotopic (exact) mass is 126 g/mol. The Bertz CT molecular complexity index is 47.7. The van der Waals surface area contributed by atoms with Gasteiger partial charge in [-0.15, -0.1) is 0 Å². The van der Waals surface area contributed by atoms with E-state index in [1.807, 2.05) is 0 Å². The van der Waals surface area contributed by atoms with Crippen LogP contribution in [0, 0.1) is 0 Å². The average molecular weight is 126 g/mol. The number of hydrogen-bond acceptors (Lipinski definition) is 2. The first-order valence-corrected chi connectivity index (χ1v) is 2.46. The number of carbonyl (C=O) groups is 1. The Morgan fingerprint density at radius 1 is 1.38 bits per heavy atom. The summed E-state index contributed by atoms with van der Waals surface area (Å²) in [6.45, 7) is 0.202. The number of carbonyl (C=O) groups excluding carboxylic acids is 1. The van der Waals surface area contributed by atoms with Crippen molar-refractivity contribution >= 4 is 35.8 Å². The molecule has 0 bridgehead atoms. The average Bonchev–Trinajstić information content (AvgIpc) is 1.69. The van der Waals surface area contributed by atoms with E-state index in [-0.39, 0.29) is 36.2 Å². The first-order valence-electron chi connectivity index (χ1n) is 2.46. The summed E-state index contributed by atoms with van der Waals surface area (Å²) < 4.78 is 0. The molecular formula is C5H11NaO2. The molecule has 0 aromatic rings. The third-order valence-corrected chi connectivity index (χ3v) is 0.730. The van der Waals surface area contributed by atoms with E-state index in [1.54, 1.807) is 0 Å². The number of unbranched alkanes of at least 4 members (excludes halogenated alkanes) is 2. The van der Waals surface area contributed by atoms with E-state index in [2.05, 4.69) is 0 Å². The molecule has 2 nitrogen and oxygen atoms in total. The molecule has 0 saturated heterocycles. The second-order valence-corrected chi connectivity index (χ2v) is 1.39. The first kappa shape index (κ1) is 11.4. The molecule has 0 amide bonds. The molecule has 0 aliphatic rings. The summed E-state index contributed by atoms with van der Waals surface area (Å²) >= 11 is 0. The predicted molar refractivity (Wildman–Crippen MR) is 34.1 cm³/mol. The van der Waals surface area contributed by atoms with E-state index < -0.39 is 0 Å². The van der Waals surface area contributed by atoms with E-state index in [9.17, 15) is 4.79 Å². The van der Waals surface area contributed by atoms with Gasteiger partial charge in [-0.25, -0.2) is 0 Å². The zero-order chi connectivity index (χ0) is 5.54. The molecule has 0 saturated carbocycles. The molecular weight excluding hydrogens is 115 g/mol. The molecule has 0 aromatic carbocycles. The van der Waals surface area contributed by atoms with Gasteiger partial charge < -0.3 is 9.90 Å². The fourth-order valence-electron chi connectivity index (χ4n) is 0.339. The van der Waals surface area contributed by atoms with Crippen molar-refractivity contribution in [3.63, 3.8) is 0 Å². The molecule has 3 heteroatoms. The van der Waals surface area contributed by atoms with Gasteiger partial charge in [0.05, 0.1) is 0 Å². The molecule has 0 unspecified atom stereocenters. The minimum absolute atomic E-state index is 0. The molecule has 0 aliphatic heterocycles. The van der Waals surface area contributed by atoms with Crippen LogP contribution in [0.2, 0.25) is 0 Å². The van der Waals surface area contributed by atoms with Crippen molar-refractivity contribution in [2.45, 2.75) is 19.3 Å². The standard InChI is InChI=1S/C5H10O2.Na.H/c6-4-2-1-3-5-7;;/h4,7H,1-3,5H2;;. The third-order valence-electron chi connectivity index (χ3n) is 0.730. The van der Waals surface area contributed by atoms with Gasteiger partial charge in [-0.05, 0) is 12.8 Å². The molecule has 0 heterocycles. The van der Waals surface area contributed by atoms with E-state index in [0.717, 1.165) is 19.1 Å². The number of hydrogen-bond donors (Lipinski definition) is 1. The van der Waals surface area contributed by atoms with Crippen molar-refractivity contribution < 1.29 is 9.90 Å². The van der Waals surface area contributed by atoms with Crippen molar-refractivity contribution in [3.8, 4) is 0 Å². The van der Waals surface area contributed by atoms with E-state index >= 15 is 0 Å². The summed E-state index contributed by atoms with van der Waals surface area (Å²) in [6, 6.07) is 0. The molecule has 8 heavy (non-hydrogen) atoms. The Hall–Kier alpha value is 0.630. The molecule has 0 rings (SSSR count). The van der Waals surface area contributed by atoms with Gasteiger partial charge in [0, 0.05) is 13.0 Å². The molecule has 0 aliphatic carbocycles. The van der Waals surface area contributed by atoms with E-state index in [1.165, 1.54) is 0 Å². The molecule has 1 N–H and O–H groups in total. The fourth-order valence-corrected chi connectivity index (χ4v) is 0.339. The molecule has 0 radical (unpaired) electrons. The quantitative estimate of drug-likeness (QED) is 0.319. The van der Waals surface area contributed by atoms with Crippen LogP contribution in [0.5, 0.6) is 0 Å². The Kier molecular flexibility index (Phi) is 15.1. The Labute approximate surface area is 71.6 Å². The van der Waals surface area contributed by atoms with Crippen molar-refractivity contribution in [2.75, 3.05) is 6.61 Å². The van der Waals surface area contributed by atoms with Crippen LogP contribution in [-0.2, 0) is 4.79 Å². The second-order valence-electron chi connectivity index (χ2n) is 1.39. The number of aliphatic hydroxyl groups is 1. The van der Waals surface area contributed by atoms with Gasteiger partial charge in [0.15, 0.2) is 0 Å². The zero-order valence-electron chi connectivity index (χ0n) is 4.26. The Balaban J connectivity index is 0. The molecule has 0 fully saturated rings. The van der Waals surface area contributed by atoms with Gasteiger partial charge in [-0.2, -0.15) is 0 Å². The van der Waals surface area contributed by atoms with Crippen LogP contribution in [0.25, 0.3) is 0 Å². The van der Waals surface area contributed by atoms with Crippen molar-refractivity contribution in [1.82, 2.24) is 0 Å². The first-order chi connectivity index (χ1) is 3.41. The second kappa shape index (κ2) is 10.6. The Morgan fingerprint density at radius 2 is 2.00 bits per heavy atom. The third kappa shape index (κ3) is 9.80. The topological polar surface area (TPSA) is 37.3 Å². The van der Waals surface area contributed by atoms with Crippen LogP contribution < -0.4 is 0 Å². The van der Waals surface area contributed by atoms with Gasteiger partial charge in [-0.1, -0.05) is 0 Å². The summed E-state index contributed by atoms with van der Waals surface area (Å²) in [4.78, 5) is 9.60. The van der Waals surface area contributed by atoms with Crippen LogP contribution in [0.1, 0.15) is 19.3 Å². The summed E-state index contributed by atoms with van der Waals surface area (Å²) in [7, 11) is 0. The minimum atomic E-state index is 0. The van der Waals surface area contributed by atoms with E-state index in [0.29, 0.717) is 6.42 Å². The van der Waals surface area contributed by atoms with Crippen LogP contribution in [-0.4, -0.2) is 47.6 Å². The van der Waals surface area contributed by atoms with Gasteiger partial charge in [0.2, 0.25) is 0 Å². The van der Waals surface area contributed by atoms with Gasteiger partial charge in [0.25, 0.3) is 0 Å². The molecule has 0 aromatic heterocycles. The van der Waals surface area contributed by atoms with Gasteiger partial charge >= 0.3 is 29.6 Å². The van der Waals surface area contributed by atoms with Crippen molar-refractivity contribution in [2.24, 2.45) is 0 Å². The van der Waals surface area contributed by atoms with E-state index in [4.69, 9.17) is 5.11 Å².